The van der Waals surface area contributed by atoms with Gasteiger partial charge in [-0.15, -0.1) is 11.3 Å². The highest BCUT2D eigenvalue weighted by molar-refractivity contribution is 7.91. The molecule has 32 heavy (non-hydrogen) atoms. The third kappa shape index (κ3) is 3.60. The first kappa shape index (κ1) is 20.2. The number of halogens is 1. The molecular weight excluding hydrogens is 468 g/mol. The van der Waals surface area contributed by atoms with Crippen molar-refractivity contribution in [3.63, 3.8) is 0 Å². The van der Waals surface area contributed by atoms with Crippen LogP contribution in [0.2, 0.25) is 5.02 Å². The lowest BCUT2D eigenvalue weighted by Crippen LogP contribution is -2.27. The van der Waals surface area contributed by atoms with Crippen LogP contribution in [0.1, 0.15) is 30.9 Å². The monoisotopic (exact) mass is 488 g/mol. The number of aromatic nitrogens is 4. The van der Waals surface area contributed by atoms with Gasteiger partial charge in [-0.3, -0.25) is 5.10 Å². The molecule has 0 bridgehead atoms. The lowest BCUT2D eigenvalue weighted by atomic mass is 10.2. The van der Waals surface area contributed by atoms with Gasteiger partial charge in [0.1, 0.15) is 0 Å². The molecule has 3 aromatic heterocycles. The summed E-state index contributed by atoms with van der Waals surface area (Å²) in [7, 11) is -3.11. The zero-order valence-corrected chi connectivity index (χ0v) is 19.7. The van der Waals surface area contributed by atoms with Crippen LogP contribution in [0.15, 0.2) is 24.3 Å². The molecule has 1 atom stereocenters. The lowest BCUT2D eigenvalue weighted by molar-refractivity contribution is 0.589. The van der Waals surface area contributed by atoms with Crippen LogP contribution in [-0.4, -0.2) is 53.2 Å². The molecule has 166 valence electrons. The van der Waals surface area contributed by atoms with Gasteiger partial charge >= 0.3 is 0 Å². The standard InChI is InChI=1S/C21H21ClN6O2S2/c1-32(29,30)13-6-7-28(10-13)21-24-18-14-5-4-12(22)8-16(14)31-19(18)20(25-21)23-17-9-15(26-27-17)11-2-3-11/h4-5,8-9,11,13H,2-3,6-7,10H2,1H3,(H2,23,24,25,26,27)/t13-/m0/s1. The third-order valence-electron chi connectivity index (χ3n) is 6.16. The maximum atomic E-state index is 12.1. The Bertz CT molecular complexity index is 1460. The minimum Gasteiger partial charge on any atom is -0.339 e. The summed E-state index contributed by atoms with van der Waals surface area (Å²) in [5, 5.41) is 12.2. The van der Waals surface area contributed by atoms with E-state index in [2.05, 4.69) is 15.5 Å². The number of hydrogen-bond donors (Lipinski definition) is 2. The molecular formula is C21H21ClN6O2S2. The van der Waals surface area contributed by atoms with Crippen molar-refractivity contribution in [1.29, 1.82) is 0 Å². The van der Waals surface area contributed by atoms with E-state index < -0.39 is 15.1 Å². The molecule has 2 fully saturated rings. The Balaban J connectivity index is 1.45. The number of H-pyrrole nitrogens is 1. The van der Waals surface area contributed by atoms with Gasteiger partial charge in [0.25, 0.3) is 0 Å². The molecule has 4 aromatic rings. The topological polar surface area (TPSA) is 104 Å². The van der Waals surface area contributed by atoms with E-state index in [0.29, 0.717) is 48.0 Å². The summed E-state index contributed by atoms with van der Waals surface area (Å²) in [5.41, 5.74) is 1.96. The Morgan fingerprint density at radius 2 is 2.06 bits per heavy atom. The van der Waals surface area contributed by atoms with Gasteiger partial charge in [0.05, 0.1) is 15.5 Å². The molecule has 0 spiro atoms. The minimum absolute atomic E-state index is 0.395. The van der Waals surface area contributed by atoms with Crippen LogP contribution in [0.5, 0.6) is 0 Å². The van der Waals surface area contributed by atoms with Gasteiger partial charge in [-0.25, -0.2) is 13.4 Å². The molecule has 11 heteroatoms. The van der Waals surface area contributed by atoms with Crippen LogP contribution in [0.3, 0.4) is 0 Å². The van der Waals surface area contributed by atoms with E-state index in [1.807, 2.05) is 29.2 Å². The summed E-state index contributed by atoms with van der Waals surface area (Å²) >= 11 is 7.80. The number of fused-ring (bicyclic) bond motifs is 3. The van der Waals surface area contributed by atoms with Crippen molar-refractivity contribution in [2.75, 3.05) is 29.6 Å². The van der Waals surface area contributed by atoms with Crippen molar-refractivity contribution in [1.82, 2.24) is 20.2 Å². The van der Waals surface area contributed by atoms with Crippen LogP contribution in [0, 0.1) is 0 Å². The predicted octanol–water partition coefficient (Wildman–Crippen LogP) is 4.47. The molecule has 1 saturated carbocycles. The Morgan fingerprint density at radius 1 is 1.22 bits per heavy atom. The van der Waals surface area contributed by atoms with E-state index in [-0.39, 0.29) is 0 Å². The summed E-state index contributed by atoms with van der Waals surface area (Å²) in [5.74, 6) is 2.48. The molecule has 2 aliphatic rings. The number of aromatic amines is 1. The zero-order chi connectivity index (χ0) is 22.0. The van der Waals surface area contributed by atoms with Gasteiger partial charge in [0, 0.05) is 52.1 Å². The molecule has 8 nitrogen and oxygen atoms in total. The summed E-state index contributed by atoms with van der Waals surface area (Å²) in [6.45, 7) is 0.997. The summed E-state index contributed by atoms with van der Waals surface area (Å²) in [4.78, 5) is 11.6. The van der Waals surface area contributed by atoms with E-state index in [4.69, 9.17) is 21.6 Å². The lowest BCUT2D eigenvalue weighted by Gasteiger charge is -2.17. The first-order valence-corrected chi connectivity index (χ1v) is 13.7. The molecule has 1 aromatic carbocycles. The second-order valence-corrected chi connectivity index (χ2v) is 12.4. The summed E-state index contributed by atoms with van der Waals surface area (Å²) < 4.78 is 26.1. The molecule has 0 radical (unpaired) electrons. The van der Waals surface area contributed by atoms with Crippen LogP contribution >= 0.6 is 22.9 Å². The van der Waals surface area contributed by atoms with Gasteiger partial charge in [0.15, 0.2) is 21.5 Å². The fourth-order valence-corrected chi connectivity index (χ4v) is 6.56. The van der Waals surface area contributed by atoms with Gasteiger partial charge < -0.3 is 10.2 Å². The molecule has 0 unspecified atom stereocenters. The number of anilines is 3. The molecule has 4 heterocycles. The van der Waals surface area contributed by atoms with E-state index >= 15 is 0 Å². The maximum Gasteiger partial charge on any atom is 0.228 e. The molecule has 6 rings (SSSR count). The molecule has 1 aliphatic carbocycles. The second kappa shape index (κ2) is 7.29. The number of nitrogens with zero attached hydrogens (tertiary/aromatic N) is 4. The highest BCUT2D eigenvalue weighted by Gasteiger charge is 2.32. The highest BCUT2D eigenvalue weighted by atomic mass is 35.5. The smallest absolute Gasteiger partial charge is 0.228 e. The fraction of sp³-hybridized carbons (Fsp3) is 0.381. The van der Waals surface area contributed by atoms with Gasteiger partial charge in [-0.1, -0.05) is 11.6 Å². The van der Waals surface area contributed by atoms with Crippen molar-refractivity contribution >= 4 is 70.7 Å². The quantitative estimate of drug-likeness (QED) is 0.427. The minimum atomic E-state index is -3.11. The van der Waals surface area contributed by atoms with E-state index in [9.17, 15) is 8.42 Å². The van der Waals surface area contributed by atoms with Crippen LogP contribution in [0.25, 0.3) is 20.3 Å². The van der Waals surface area contributed by atoms with E-state index in [0.717, 1.165) is 26.0 Å². The molecule has 0 amide bonds. The Labute approximate surface area is 193 Å². The highest BCUT2D eigenvalue weighted by Crippen LogP contribution is 2.41. The number of hydrogen-bond acceptors (Lipinski definition) is 8. The number of sulfone groups is 1. The van der Waals surface area contributed by atoms with E-state index in [1.165, 1.54) is 19.1 Å². The average Bonchev–Trinajstić information content (AvgIpc) is 3.14. The predicted molar refractivity (Wildman–Crippen MR) is 129 cm³/mol. The van der Waals surface area contributed by atoms with Crippen molar-refractivity contribution in [2.45, 2.75) is 30.4 Å². The second-order valence-electron chi connectivity index (χ2n) is 8.59. The first-order chi connectivity index (χ1) is 15.3. The SMILES string of the molecule is CS(=O)(=O)[C@H]1CCN(c2nc(Nc3cc(C4CC4)[nH]n3)c3sc4cc(Cl)ccc4c3n2)C1. The fourth-order valence-electron chi connectivity index (χ4n) is 4.22. The average molecular weight is 489 g/mol. The summed E-state index contributed by atoms with van der Waals surface area (Å²) in [6.07, 6.45) is 4.25. The number of benzene rings is 1. The maximum absolute atomic E-state index is 12.1. The largest absolute Gasteiger partial charge is 0.339 e. The van der Waals surface area contributed by atoms with Gasteiger partial charge in [0.2, 0.25) is 5.95 Å². The van der Waals surface area contributed by atoms with Crippen LogP contribution in [0.4, 0.5) is 17.6 Å². The van der Waals surface area contributed by atoms with Crippen LogP contribution in [-0.2, 0) is 9.84 Å². The van der Waals surface area contributed by atoms with Crippen LogP contribution < -0.4 is 10.2 Å². The Kier molecular flexibility index (Phi) is 4.60. The molecule has 1 saturated heterocycles. The van der Waals surface area contributed by atoms with Gasteiger partial charge in [-0.2, -0.15) is 10.1 Å². The Morgan fingerprint density at radius 3 is 2.81 bits per heavy atom. The van der Waals surface area contributed by atoms with Crippen molar-refractivity contribution in [3.8, 4) is 0 Å². The van der Waals surface area contributed by atoms with Crippen molar-refractivity contribution < 1.29 is 8.42 Å². The normalized spacial score (nSPS) is 19.3. The van der Waals surface area contributed by atoms with E-state index in [1.54, 1.807) is 11.3 Å². The van der Waals surface area contributed by atoms with Crippen molar-refractivity contribution in [3.05, 3.63) is 35.0 Å². The number of thiophene rings is 1. The van der Waals surface area contributed by atoms with Crippen molar-refractivity contribution in [2.24, 2.45) is 0 Å². The summed E-state index contributed by atoms with van der Waals surface area (Å²) in [6, 6.07) is 7.79. The third-order valence-corrected chi connectivity index (χ3v) is 9.14. The molecule has 1 aliphatic heterocycles. The van der Waals surface area contributed by atoms with Gasteiger partial charge in [-0.05, 0) is 37.5 Å². The zero-order valence-electron chi connectivity index (χ0n) is 17.3. The Hall–Kier alpha value is -2.43. The first-order valence-electron chi connectivity index (χ1n) is 10.5. The number of nitrogens with one attached hydrogen (secondary N) is 2. The number of rotatable bonds is 5. The molecule has 2 N–H and O–H groups in total.